The molecular formula is C23H16BrFN4O. The molecule has 0 saturated heterocycles. The van der Waals surface area contributed by atoms with Crippen LogP contribution in [-0.2, 0) is 0 Å². The number of anilines is 3. The zero-order chi connectivity index (χ0) is 20.9. The zero-order valence-electron chi connectivity index (χ0n) is 15.6. The summed E-state index contributed by atoms with van der Waals surface area (Å²) in [6.45, 7) is 0. The van der Waals surface area contributed by atoms with Crippen molar-refractivity contribution in [1.29, 1.82) is 0 Å². The average Bonchev–Trinajstić information content (AvgIpc) is 2.76. The van der Waals surface area contributed by atoms with Crippen LogP contribution < -0.4 is 10.6 Å². The molecule has 0 spiro atoms. The van der Waals surface area contributed by atoms with E-state index in [0.717, 1.165) is 10.0 Å². The standard InChI is InChI=1S/C23H16BrFN4O/c24-17-6-10-19(11-7-17)29-23(30)16-2-1-3-20(12-16)28-22-13-21(26-14-27-22)15-4-8-18(25)9-5-15/h1-14H,(H,29,30)(H,26,27,28). The van der Waals surface area contributed by atoms with Gasteiger partial charge in [-0.15, -0.1) is 0 Å². The molecule has 0 saturated carbocycles. The van der Waals surface area contributed by atoms with E-state index in [-0.39, 0.29) is 11.7 Å². The molecule has 5 nitrogen and oxygen atoms in total. The smallest absolute Gasteiger partial charge is 0.255 e. The lowest BCUT2D eigenvalue weighted by Gasteiger charge is -2.10. The van der Waals surface area contributed by atoms with Crippen LogP contribution in [0.5, 0.6) is 0 Å². The first-order chi connectivity index (χ1) is 14.6. The summed E-state index contributed by atoms with van der Waals surface area (Å²) < 4.78 is 14.1. The predicted octanol–water partition coefficient (Wildman–Crippen LogP) is 6.04. The van der Waals surface area contributed by atoms with Crippen LogP contribution in [0.15, 0.2) is 89.7 Å². The molecule has 0 fully saturated rings. The topological polar surface area (TPSA) is 66.9 Å². The van der Waals surface area contributed by atoms with E-state index in [1.807, 2.05) is 30.3 Å². The van der Waals surface area contributed by atoms with Crippen molar-refractivity contribution in [2.24, 2.45) is 0 Å². The van der Waals surface area contributed by atoms with Crippen LogP contribution in [-0.4, -0.2) is 15.9 Å². The highest BCUT2D eigenvalue weighted by atomic mass is 79.9. The molecule has 1 aromatic heterocycles. The van der Waals surface area contributed by atoms with E-state index in [2.05, 4.69) is 36.5 Å². The Morgan fingerprint density at radius 1 is 0.867 bits per heavy atom. The second-order valence-corrected chi connectivity index (χ2v) is 7.38. The van der Waals surface area contributed by atoms with Gasteiger partial charge in [0.15, 0.2) is 0 Å². The summed E-state index contributed by atoms with van der Waals surface area (Å²) in [6, 6.07) is 22.3. The fourth-order valence-electron chi connectivity index (χ4n) is 2.83. The molecule has 4 rings (SSSR count). The molecule has 30 heavy (non-hydrogen) atoms. The molecule has 0 aliphatic heterocycles. The van der Waals surface area contributed by atoms with Gasteiger partial charge in [0.05, 0.1) is 5.69 Å². The molecule has 0 aliphatic carbocycles. The van der Waals surface area contributed by atoms with E-state index in [1.54, 1.807) is 36.4 Å². The highest BCUT2D eigenvalue weighted by molar-refractivity contribution is 9.10. The molecule has 0 unspecified atom stereocenters. The van der Waals surface area contributed by atoms with Crippen molar-refractivity contribution in [3.8, 4) is 11.3 Å². The second-order valence-electron chi connectivity index (χ2n) is 6.46. The van der Waals surface area contributed by atoms with Gasteiger partial charge in [-0.25, -0.2) is 14.4 Å². The number of amides is 1. The van der Waals surface area contributed by atoms with Gasteiger partial charge in [0.25, 0.3) is 5.91 Å². The molecule has 1 amide bonds. The molecule has 148 valence electrons. The first-order valence-corrected chi connectivity index (χ1v) is 9.88. The summed E-state index contributed by atoms with van der Waals surface area (Å²) in [5, 5.41) is 6.05. The number of aromatic nitrogens is 2. The van der Waals surface area contributed by atoms with E-state index in [1.165, 1.54) is 18.5 Å². The van der Waals surface area contributed by atoms with Gasteiger partial charge in [-0.05, 0) is 66.7 Å². The summed E-state index contributed by atoms with van der Waals surface area (Å²) >= 11 is 3.37. The minimum atomic E-state index is -0.301. The van der Waals surface area contributed by atoms with Crippen molar-refractivity contribution in [3.63, 3.8) is 0 Å². The minimum absolute atomic E-state index is 0.212. The monoisotopic (exact) mass is 462 g/mol. The van der Waals surface area contributed by atoms with Gasteiger partial charge in [0, 0.05) is 33.0 Å². The molecule has 3 aromatic carbocycles. The molecule has 0 radical (unpaired) electrons. The Bertz CT molecular complexity index is 1180. The highest BCUT2D eigenvalue weighted by Crippen LogP contribution is 2.22. The first-order valence-electron chi connectivity index (χ1n) is 9.09. The highest BCUT2D eigenvalue weighted by Gasteiger charge is 2.08. The van der Waals surface area contributed by atoms with Crippen LogP contribution in [0.3, 0.4) is 0 Å². The molecule has 2 N–H and O–H groups in total. The molecule has 7 heteroatoms. The van der Waals surface area contributed by atoms with Crippen molar-refractivity contribution in [1.82, 2.24) is 9.97 Å². The van der Waals surface area contributed by atoms with Crippen molar-refractivity contribution in [2.75, 3.05) is 10.6 Å². The summed E-state index contributed by atoms with van der Waals surface area (Å²) in [5.41, 5.74) is 3.38. The number of hydrogen-bond donors (Lipinski definition) is 2. The Balaban J connectivity index is 1.50. The van der Waals surface area contributed by atoms with Crippen molar-refractivity contribution in [2.45, 2.75) is 0 Å². The van der Waals surface area contributed by atoms with Crippen molar-refractivity contribution < 1.29 is 9.18 Å². The van der Waals surface area contributed by atoms with Gasteiger partial charge in [-0.2, -0.15) is 0 Å². The van der Waals surface area contributed by atoms with Crippen LogP contribution in [0.25, 0.3) is 11.3 Å². The maximum absolute atomic E-state index is 13.1. The third-order valence-corrected chi connectivity index (χ3v) is 4.83. The molecule has 4 aromatic rings. The lowest BCUT2D eigenvalue weighted by atomic mass is 10.1. The van der Waals surface area contributed by atoms with Gasteiger partial charge in [0.2, 0.25) is 0 Å². The first kappa shape index (κ1) is 19.7. The van der Waals surface area contributed by atoms with E-state index in [9.17, 15) is 9.18 Å². The zero-order valence-corrected chi connectivity index (χ0v) is 17.2. The number of carbonyl (C=O) groups excluding carboxylic acids is 1. The lowest BCUT2D eigenvalue weighted by Crippen LogP contribution is -2.12. The second kappa shape index (κ2) is 8.84. The third-order valence-electron chi connectivity index (χ3n) is 4.31. The summed E-state index contributed by atoms with van der Waals surface area (Å²) in [6.07, 6.45) is 1.44. The van der Waals surface area contributed by atoms with Crippen LogP contribution in [0.4, 0.5) is 21.6 Å². The van der Waals surface area contributed by atoms with Gasteiger partial charge in [-0.3, -0.25) is 4.79 Å². The van der Waals surface area contributed by atoms with E-state index < -0.39 is 0 Å². The molecule has 0 aliphatic rings. The van der Waals surface area contributed by atoms with Gasteiger partial charge >= 0.3 is 0 Å². The Labute approximate surface area is 181 Å². The summed E-state index contributed by atoms with van der Waals surface area (Å²) in [5.74, 6) is 0.0508. The molecule has 0 bridgehead atoms. The van der Waals surface area contributed by atoms with Crippen LogP contribution >= 0.6 is 15.9 Å². The quantitative estimate of drug-likeness (QED) is 0.379. The number of hydrogen-bond acceptors (Lipinski definition) is 4. The molecular weight excluding hydrogens is 447 g/mol. The van der Waals surface area contributed by atoms with Crippen LogP contribution in [0.2, 0.25) is 0 Å². The molecule has 0 atom stereocenters. The fraction of sp³-hybridized carbons (Fsp3) is 0. The largest absolute Gasteiger partial charge is 0.340 e. The maximum atomic E-state index is 13.1. The van der Waals surface area contributed by atoms with Gasteiger partial charge in [-0.1, -0.05) is 22.0 Å². The van der Waals surface area contributed by atoms with Gasteiger partial charge in [0.1, 0.15) is 18.0 Å². The lowest BCUT2D eigenvalue weighted by molar-refractivity contribution is 0.102. The number of benzene rings is 3. The maximum Gasteiger partial charge on any atom is 0.255 e. The van der Waals surface area contributed by atoms with Crippen LogP contribution in [0.1, 0.15) is 10.4 Å². The van der Waals surface area contributed by atoms with E-state index in [4.69, 9.17) is 0 Å². The Morgan fingerprint density at radius 2 is 1.63 bits per heavy atom. The predicted molar refractivity (Wildman–Crippen MR) is 119 cm³/mol. The number of nitrogens with zero attached hydrogens (tertiary/aromatic N) is 2. The van der Waals surface area contributed by atoms with Crippen molar-refractivity contribution >= 4 is 39.0 Å². The average molecular weight is 463 g/mol. The van der Waals surface area contributed by atoms with Crippen molar-refractivity contribution in [3.05, 3.63) is 101 Å². The van der Waals surface area contributed by atoms with Crippen LogP contribution in [0, 0.1) is 5.82 Å². The Morgan fingerprint density at radius 3 is 2.40 bits per heavy atom. The molecule has 1 heterocycles. The normalized spacial score (nSPS) is 10.5. The number of carbonyl (C=O) groups is 1. The third kappa shape index (κ3) is 4.87. The fourth-order valence-corrected chi connectivity index (χ4v) is 3.09. The number of rotatable bonds is 5. The SMILES string of the molecule is O=C(Nc1ccc(Br)cc1)c1cccc(Nc2cc(-c3ccc(F)cc3)ncn2)c1. The Kier molecular flexibility index (Phi) is 5.81. The van der Waals surface area contributed by atoms with E-state index >= 15 is 0 Å². The van der Waals surface area contributed by atoms with E-state index in [0.29, 0.717) is 28.5 Å². The van der Waals surface area contributed by atoms with Gasteiger partial charge < -0.3 is 10.6 Å². The number of halogens is 2. The summed E-state index contributed by atoms with van der Waals surface area (Å²) in [4.78, 5) is 21.0. The summed E-state index contributed by atoms with van der Waals surface area (Å²) in [7, 11) is 0. The Hall–Kier alpha value is -3.58. The minimum Gasteiger partial charge on any atom is -0.340 e. The number of nitrogens with one attached hydrogen (secondary N) is 2.